The molecule has 10 aliphatic rings. The summed E-state index contributed by atoms with van der Waals surface area (Å²) in [5.74, 6) is 10.8. The highest BCUT2D eigenvalue weighted by Gasteiger charge is 2.74. The van der Waals surface area contributed by atoms with E-state index in [2.05, 4.69) is 38.1 Å². The molecule has 14 atom stereocenters. The summed E-state index contributed by atoms with van der Waals surface area (Å²) in [7, 11) is 0.0932. The molecule has 2 spiro atoms. The Morgan fingerprint density at radius 2 is 0.833 bits per heavy atom. The molecule has 14 unspecified atom stereocenters. The molecule has 2 heterocycles. The number of rotatable bonds is 4. The Balaban J connectivity index is 0.948. The molecule has 0 nitrogen and oxygen atoms in total. The molecule has 0 radical (unpaired) electrons. The van der Waals surface area contributed by atoms with Crippen LogP contribution in [-0.2, 0) is 12.3 Å². The molecule has 0 aromatic heterocycles. The van der Waals surface area contributed by atoms with Gasteiger partial charge in [0.15, 0.2) is 0 Å². The van der Waals surface area contributed by atoms with Gasteiger partial charge in [-0.25, -0.2) is 0 Å². The van der Waals surface area contributed by atoms with Crippen molar-refractivity contribution in [2.24, 2.45) is 59.2 Å². The molecule has 0 amide bonds. The molecule has 11 rings (SSSR count). The predicted octanol–water partition coefficient (Wildman–Crippen LogP) is 13.5. The maximum atomic E-state index is 2.91. The van der Waals surface area contributed by atoms with Crippen molar-refractivity contribution in [1.29, 1.82) is 0 Å². The van der Waals surface area contributed by atoms with Gasteiger partial charge in [0, 0.05) is 0 Å². The van der Waals surface area contributed by atoms with Gasteiger partial charge in [-0.15, -0.1) is 0 Å². The normalized spacial score (nSPS) is 56.0. The van der Waals surface area contributed by atoms with Gasteiger partial charge < -0.3 is 0 Å². The third kappa shape index (κ3) is 4.45. The number of benzene rings is 1. The summed E-state index contributed by atoms with van der Waals surface area (Å²) >= 11 is 0. The Morgan fingerprint density at radius 1 is 0.479 bits per heavy atom. The average Bonchev–Trinajstić information content (AvgIpc) is 3.06. The number of fused-ring (bicyclic) bond motifs is 14. The van der Waals surface area contributed by atoms with E-state index >= 15 is 0 Å². The summed E-state index contributed by atoms with van der Waals surface area (Å²) in [6.07, 6.45) is 38.1. The highest BCUT2D eigenvalue weighted by atomic mass is 31.1. The minimum Gasteiger partial charge on any atom is -0.0891 e. The molecular weight excluding hydrogens is 614 g/mol. The maximum Gasteiger partial charge on any atom is -0.00417 e. The van der Waals surface area contributed by atoms with Crippen molar-refractivity contribution in [3.8, 4) is 0 Å². The zero-order valence-electron chi connectivity index (χ0n) is 30.9. The molecule has 8 aliphatic carbocycles. The molecule has 2 saturated heterocycles. The van der Waals surface area contributed by atoms with Crippen LogP contribution < -0.4 is 0 Å². The van der Waals surface area contributed by atoms with E-state index in [0.29, 0.717) is 10.3 Å². The minimum atomic E-state index is 0.0466. The van der Waals surface area contributed by atoms with Crippen molar-refractivity contribution in [1.82, 2.24) is 0 Å². The lowest BCUT2D eigenvalue weighted by Crippen LogP contribution is -2.69. The monoisotopic (exact) mass is 682 g/mol. The van der Waals surface area contributed by atoms with Gasteiger partial charge in [-0.05, 0) is 167 Å². The summed E-state index contributed by atoms with van der Waals surface area (Å²) < 4.78 is 0. The first-order valence-corrected chi connectivity index (χ1v) is 25.0. The van der Waals surface area contributed by atoms with Crippen molar-refractivity contribution in [2.75, 3.05) is 0 Å². The number of hydrogen-bond acceptors (Lipinski definition) is 0. The second-order valence-corrected chi connectivity index (χ2v) is 27.6. The Morgan fingerprint density at radius 3 is 1.23 bits per heavy atom. The van der Waals surface area contributed by atoms with Gasteiger partial charge in [0.1, 0.15) is 0 Å². The van der Waals surface area contributed by atoms with E-state index in [1.807, 2.05) is 11.1 Å². The Bertz CT molecular complexity index is 1290. The Hall–Kier alpha value is 0.0800. The first-order chi connectivity index (χ1) is 23.4. The molecule has 10 fully saturated rings. The summed E-state index contributed by atoms with van der Waals surface area (Å²) in [6, 6.07) is 10.4. The van der Waals surface area contributed by atoms with Crippen LogP contribution in [0.5, 0.6) is 0 Å². The van der Waals surface area contributed by atoms with Gasteiger partial charge in [0.25, 0.3) is 0 Å². The zero-order valence-corrected chi connectivity index (χ0v) is 32.7. The van der Waals surface area contributed by atoms with E-state index in [1.54, 1.807) is 141 Å². The minimum absolute atomic E-state index is 0.0466. The van der Waals surface area contributed by atoms with E-state index in [0.717, 1.165) is 69.5 Å². The van der Waals surface area contributed by atoms with Gasteiger partial charge in [0.2, 0.25) is 0 Å². The van der Waals surface area contributed by atoms with Crippen molar-refractivity contribution < 1.29 is 0 Å². The molecule has 2 heteroatoms. The van der Waals surface area contributed by atoms with Crippen LogP contribution in [0.3, 0.4) is 0 Å². The van der Waals surface area contributed by atoms with Crippen molar-refractivity contribution >= 4 is 15.8 Å². The second kappa shape index (κ2) is 11.3. The summed E-state index contributed by atoms with van der Waals surface area (Å²) in [5.41, 5.74) is 3.76. The molecule has 8 bridgehead atoms. The molecule has 1 aromatic rings. The van der Waals surface area contributed by atoms with Crippen molar-refractivity contribution in [3.05, 3.63) is 35.4 Å². The molecule has 1 aromatic carbocycles. The van der Waals surface area contributed by atoms with Crippen LogP contribution in [0.4, 0.5) is 0 Å². The highest BCUT2D eigenvalue weighted by molar-refractivity contribution is 7.62. The van der Waals surface area contributed by atoms with Crippen molar-refractivity contribution in [3.63, 3.8) is 0 Å². The smallest absolute Gasteiger partial charge is 0.00417 e. The predicted molar refractivity (Wildman–Crippen MR) is 206 cm³/mol. The maximum absolute atomic E-state index is 2.91. The average molecular weight is 683 g/mol. The fourth-order valence-electron chi connectivity index (χ4n) is 18.4. The van der Waals surface area contributed by atoms with Gasteiger partial charge in [-0.3, -0.25) is 0 Å². The highest BCUT2D eigenvalue weighted by Crippen LogP contribution is 2.89. The third-order valence-electron chi connectivity index (χ3n) is 18.9. The van der Waals surface area contributed by atoms with Crippen LogP contribution in [0.15, 0.2) is 24.3 Å². The Kier molecular flexibility index (Phi) is 7.43. The van der Waals surface area contributed by atoms with Gasteiger partial charge in [-0.1, -0.05) is 131 Å². The largest absolute Gasteiger partial charge is 0.0891 e. The van der Waals surface area contributed by atoms with Gasteiger partial charge >= 0.3 is 0 Å². The van der Waals surface area contributed by atoms with Crippen LogP contribution >= 0.6 is 15.8 Å². The summed E-state index contributed by atoms with van der Waals surface area (Å²) in [6.45, 7) is 5.81. The standard InChI is InChI=1S/C46H68P2/c1-43-23-35-13-7-17-37(21-35)41(43)45(25-31-9-5-10-32(19-31)26-45)47(43)29-39-15-3-4-16-40(39)30-48-44(2)24-36-14-8-18-38(22-36)42(44)46(48)27-33-11-6-12-34(20-33)28-46/h3-4,15-16,31-38,41-42H,5-14,17-30H2,1-2H3. The van der Waals surface area contributed by atoms with E-state index in [1.165, 1.54) is 12.3 Å². The van der Waals surface area contributed by atoms with Gasteiger partial charge in [0.05, 0.1) is 0 Å². The SMILES string of the molecule is CC12CC3CCCC(C3)C1C1(CC3CCCC(C3)C1)P2Cc1ccccc1CP1C2(C)CC3CCCC(C3)C2C12CC1CCCC(C1)C2. The molecular formula is C46H68P2. The second-order valence-electron chi connectivity index (χ2n) is 21.4. The van der Waals surface area contributed by atoms with Crippen LogP contribution in [0.25, 0.3) is 0 Å². The first kappa shape index (κ1) is 31.6. The number of hydrogen-bond donors (Lipinski definition) is 0. The van der Waals surface area contributed by atoms with E-state index < -0.39 is 0 Å². The van der Waals surface area contributed by atoms with Gasteiger partial charge in [-0.2, -0.15) is 0 Å². The van der Waals surface area contributed by atoms with E-state index in [9.17, 15) is 0 Å². The van der Waals surface area contributed by atoms with E-state index in [-0.39, 0.29) is 15.8 Å². The van der Waals surface area contributed by atoms with Crippen molar-refractivity contribution in [2.45, 2.75) is 188 Å². The molecule has 262 valence electrons. The van der Waals surface area contributed by atoms with Crippen LogP contribution in [0.2, 0.25) is 0 Å². The quantitative estimate of drug-likeness (QED) is 0.277. The fourth-order valence-corrected chi connectivity index (χ4v) is 28.8. The molecule has 48 heavy (non-hydrogen) atoms. The van der Waals surface area contributed by atoms with Crippen LogP contribution in [-0.4, -0.2) is 20.6 Å². The van der Waals surface area contributed by atoms with Crippen LogP contribution in [0, 0.1) is 59.2 Å². The summed E-state index contributed by atoms with van der Waals surface area (Å²) in [4.78, 5) is 0. The summed E-state index contributed by atoms with van der Waals surface area (Å²) in [5, 5.41) is 2.87. The van der Waals surface area contributed by atoms with E-state index in [4.69, 9.17) is 0 Å². The fraction of sp³-hybridized carbons (Fsp3) is 0.870. The lowest BCUT2D eigenvalue weighted by Gasteiger charge is -2.77. The molecule has 8 saturated carbocycles. The molecule has 0 N–H and O–H groups in total. The lowest BCUT2D eigenvalue weighted by atomic mass is 9.52. The zero-order chi connectivity index (χ0) is 31.9. The Labute approximate surface area is 297 Å². The lowest BCUT2D eigenvalue weighted by molar-refractivity contribution is -0.0111. The topological polar surface area (TPSA) is 0 Å². The first-order valence-electron chi connectivity index (χ1n) is 22.0. The molecule has 2 aliphatic heterocycles. The van der Waals surface area contributed by atoms with Crippen LogP contribution in [0.1, 0.15) is 166 Å². The third-order valence-corrected chi connectivity index (χ3v) is 27.1.